The molecule has 0 radical (unpaired) electrons. The Bertz CT molecular complexity index is 16.4. The summed E-state index contributed by atoms with van der Waals surface area (Å²) in [5.74, 6) is 0. The van der Waals surface area contributed by atoms with Gasteiger partial charge in [-0.05, 0) is 0 Å². The molecule has 0 spiro atoms. The summed E-state index contributed by atoms with van der Waals surface area (Å²) < 4.78 is 0. The van der Waals surface area contributed by atoms with Crippen LogP contribution in [0.4, 0.5) is 0 Å². The van der Waals surface area contributed by atoms with Crippen LogP contribution < -0.4 is 44.6 Å². The zero-order valence-corrected chi connectivity index (χ0v) is 7.42. The molecule has 0 unspecified atom stereocenters. The minimum Gasteiger partial charge on any atom is -0.907 e. The first-order chi connectivity index (χ1) is 1.73. The van der Waals surface area contributed by atoms with Crippen LogP contribution in [0.15, 0.2) is 0 Å². The predicted molar refractivity (Wildman–Crippen MR) is 15.1 cm³/mol. The second-order valence-corrected chi connectivity index (χ2v) is 0.289. The summed E-state index contributed by atoms with van der Waals surface area (Å²) in [4.78, 5) is 0. The first-order valence-electron chi connectivity index (χ1n) is 0.707. The summed E-state index contributed by atoms with van der Waals surface area (Å²) in [7, 11) is -2.92. The number of hydrogen-bond acceptors (Lipinski definition) is 3. The van der Waals surface area contributed by atoms with Gasteiger partial charge in [-0.1, -0.05) is 0 Å². The zero-order valence-electron chi connectivity index (χ0n) is 4.01. The van der Waals surface area contributed by atoms with Gasteiger partial charge in [0.1, 0.15) is 0 Å². The fourth-order valence-electron chi connectivity index (χ4n) is 0. The van der Waals surface area contributed by atoms with E-state index in [9.17, 15) is 0 Å². The van der Waals surface area contributed by atoms with E-state index in [0.29, 0.717) is 0 Å². The summed E-state index contributed by atoms with van der Waals surface area (Å²) >= 11 is 0. The second-order valence-electron chi connectivity index (χ2n) is 0.289. The number of rotatable bonds is 0. The van der Waals surface area contributed by atoms with Crippen molar-refractivity contribution >= 4 is 30.4 Å². The number of hydrogen-bond donors (Lipinski definition) is 0. The van der Waals surface area contributed by atoms with Crippen molar-refractivity contribution in [3.8, 4) is 0 Å². The Morgan fingerprint density at radius 3 is 1.00 bits per heavy atom. The van der Waals surface area contributed by atoms with Gasteiger partial charge in [0.2, 0.25) is 0 Å². The molecule has 0 aromatic rings. The van der Waals surface area contributed by atoms with Crippen molar-refractivity contribution in [2.45, 2.75) is 0 Å². The first kappa shape index (κ1) is 23.4. The Balaban J connectivity index is -0.0000000150. The molecule has 0 bridgehead atoms. The second kappa shape index (κ2) is 15.6. The normalized spacial score (nSPS) is 3.86. The summed E-state index contributed by atoms with van der Waals surface area (Å²) in [5, 5.41) is 25.2. The monoisotopic (exact) mass is 124 g/mol. The van der Waals surface area contributed by atoms with E-state index in [1.807, 2.05) is 0 Å². The fourth-order valence-corrected chi connectivity index (χ4v) is 0. The maximum absolute atomic E-state index is 8.42. The van der Waals surface area contributed by atoms with Crippen LogP contribution in [-0.4, -0.2) is 35.9 Å². The van der Waals surface area contributed by atoms with Gasteiger partial charge in [0.05, 0.1) is 0 Å². The molecular formula is H2BMgNaO4. The van der Waals surface area contributed by atoms with E-state index < -0.39 is 7.32 Å². The average molecular weight is 124 g/mol. The standard InChI is InChI=1S/BO3.Mg.Na.H2O/c2-1(3)4;;;/h;;;1H2/q-3;+2;+1;. The van der Waals surface area contributed by atoms with Crippen LogP contribution in [0.5, 0.6) is 0 Å². The quantitative estimate of drug-likeness (QED) is 0.300. The summed E-state index contributed by atoms with van der Waals surface area (Å²) in [5.41, 5.74) is 0. The largest absolute Gasteiger partial charge is 2.00 e. The SMILES string of the molecule is O.[Mg+2].[Na+].[O-]B([O-])[O-]. The molecule has 0 fully saturated rings. The van der Waals surface area contributed by atoms with Gasteiger partial charge in [-0.25, -0.2) is 0 Å². The smallest absolute Gasteiger partial charge is 0.907 e. The Kier molecular flexibility index (Phi) is 52.3. The Hall–Kier alpha value is 1.67. The van der Waals surface area contributed by atoms with Crippen LogP contribution in [0.2, 0.25) is 0 Å². The molecule has 7 heavy (non-hydrogen) atoms. The van der Waals surface area contributed by atoms with Gasteiger partial charge in [-0.2, -0.15) is 0 Å². The maximum Gasteiger partial charge on any atom is 2.00 e. The molecule has 0 aliphatic carbocycles. The van der Waals surface area contributed by atoms with E-state index in [1.54, 1.807) is 0 Å². The maximum atomic E-state index is 8.42. The first-order valence-corrected chi connectivity index (χ1v) is 0.707. The van der Waals surface area contributed by atoms with Crippen molar-refractivity contribution < 1.29 is 50.1 Å². The van der Waals surface area contributed by atoms with Crippen molar-refractivity contribution in [1.29, 1.82) is 0 Å². The summed E-state index contributed by atoms with van der Waals surface area (Å²) in [6, 6.07) is 0. The van der Waals surface area contributed by atoms with Gasteiger partial charge in [0, 0.05) is 0 Å². The van der Waals surface area contributed by atoms with Crippen molar-refractivity contribution in [2.24, 2.45) is 0 Å². The van der Waals surface area contributed by atoms with Crippen LogP contribution in [0, 0.1) is 0 Å². The van der Waals surface area contributed by atoms with Gasteiger partial charge < -0.3 is 20.5 Å². The molecule has 0 aliphatic rings. The van der Waals surface area contributed by atoms with Crippen molar-refractivity contribution in [3.63, 3.8) is 0 Å². The van der Waals surface area contributed by atoms with Crippen molar-refractivity contribution in [2.75, 3.05) is 0 Å². The van der Waals surface area contributed by atoms with Gasteiger partial charge >= 0.3 is 52.6 Å². The van der Waals surface area contributed by atoms with E-state index in [1.165, 1.54) is 0 Å². The third-order valence-corrected chi connectivity index (χ3v) is 0. The molecule has 0 heterocycles. The minimum absolute atomic E-state index is 0. The molecule has 4 nitrogen and oxygen atoms in total. The third-order valence-electron chi connectivity index (χ3n) is 0. The molecule has 32 valence electrons. The molecule has 0 atom stereocenters. The fraction of sp³-hybridized carbons (Fsp3) is 0. The van der Waals surface area contributed by atoms with Crippen LogP contribution in [0.25, 0.3) is 0 Å². The Morgan fingerprint density at radius 1 is 1.00 bits per heavy atom. The molecule has 0 aromatic carbocycles. The molecule has 2 N–H and O–H groups in total. The summed E-state index contributed by atoms with van der Waals surface area (Å²) in [6.45, 7) is 0. The van der Waals surface area contributed by atoms with E-state index >= 15 is 0 Å². The van der Waals surface area contributed by atoms with Crippen LogP contribution in [0.1, 0.15) is 0 Å². The van der Waals surface area contributed by atoms with E-state index in [2.05, 4.69) is 0 Å². The molecule has 0 aliphatic heterocycles. The molecule has 0 aromatic heterocycles. The van der Waals surface area contributed by atoms with Gasteiger partial charge in [0.15, 0.2) is 0 Å². The minimum atomic E-state index is -2.92. The van der Waals surface area contributed by atoms with E-state index in [4.69, 9.17) is 15.1 Å². The van der Waals surface area contributed by atoms with Crippen LogP contribution in [-0.2, 0) is 0 Å². The van der Waals surface area contributed by atoms with E-state index in [0.717, 1.165) is 0 Å². The molecule has 7 heteroatoms. The van der Waals surface area contributed by atoms with Gasteiger partial charge in [-0.15, -0.1) is 0 Å². The zero-order chi connectivity index (χ0) is 3.58. The molecule has 0 amide bonds. The van der Waals surface area contributed by atoms with Gasteiger partial charge in [-0.3, -0.25) is 7.32 Å². The van der Waals surface area contributed by atoms with Crippen molar-refractivity contribution in [3.05, 3.63) is 0 Å². The van der Waals surface area contributed by atoms with Crippen LogP contribution in [0.3, 0.4) is 0 Å². The van der Waals surface area contributed by atoms with E-state index in [-0.39, 0.29) is 58.1 Å². The Morgan fingerprint density at radius 2 is 1.00 bits per heavy atom. The third kappa shape index (κ3) is 88.3. The summed E-state index contributed by atoms with van der Waals surface area (Å²) in [6.07, 6.45) is 0. The molecular weight excluding hydrogens is 122 g/mol. The predicted octanol–water partition coefficient (Wildman–Crippen LogP) is -8.15. The molecule has 0 saturated carbocycles. The van der Waals surface area contributed by atoms with Gasteiger partial charge in [0.25, 0.3) is 0 Å². The molecule has 0 saturated heterocycles. The van der Waals surface area contributed by atoms with Crippen LogP contribution >= 0.6 is 0 Å². The average Bonchev–Trinajstić information content (AvgIpc) is 0.811. The Labute approximate surface area is 79.8 Å². The topological polar surface area (TPSA) is 101 Å². The molecule has 0 rings (SSSR count). The van der Waals surface area contributed by atoms with Crippen molar-refractivity contribution in [1.82, 2.24) is 0 Å².